The van der Waals surface area contributed by atoms with E-state index in [1.807, 2.05) is 43.3 Å². The van der Waals surface area contributed by atoms with Crippen molar-refractivity contribution in [2.45, 2.75) is 13.5 Å². The van der Waals surface area contributed by atoms with Crippen LogP contribution in [0.3, 0.4) is 0 Å². The summed E-state index contributed by atoms with van der Waals surface area (Å²) in [6.45, 7) is 2.24. The number of fused-ring (bicyclic) bond motifs is 1. The normalized spacial score (nSPS) is 10.4. The van der Waals surface area contributed by atoms with E-state index in [-0.39, 0.29) is 12.1 Å². The number of aromatic nitrogens is 4. The third-order valence-corrected chi connectivity index (χ3v) is 3.99. The molecule has 7 heteroatoms. The molecule has 2 heterocycles. The fourth-order valence-corrected chi connectivity index (χ4v) is 2.72. The Labute approximate surface area is 155 Å². The molecule has 0 aliphatic carbocycles. The van der Waals surface area contributed by atoms with Crippen LogP contribution in [0.2, 0.25) is 5.02 Å². The smallest absolute Gasteiger partial charge is 0.258 e. The van der Waals surface area contributed by atoms with E-state index in [1.165, 1.54) is 5.56 Å². The highest BCUT2D eigenvalue weighted by Crippen LogP contribution is 2.20. The molecule has 2 aromatic carbocycles. The van der Waals surface area contributed by atoms with Gasteiger partial charge in [0.2, 0.25) is 0 Å². The SMILES string of the molecule is Cc1cccc(Cl)c1.NCc1nc2ccc(-c3cn[nH]c3)cc2c(=O)[nH]1. The van der Waals surface area contributed by atoms with Crippen molar-refractivity contribution in [2.24, 2.45) is 5.73 Å². The molecule has 6 nitrogen and oxygen atoms in total. The maximum Gasteiger partial charge on any atom is 0.258 e. The Morgan fingerprint density at radius 1 is 1.15 bits per heavy atom. The van der Waals surface area contributed by atoms with E-state index in [4.69, 9.17) is 17.3 Å². The minimum Gasteiger partial charge on any atom is -0.324 e. The average Bonchev–Trinajstić information content (AvgIpc) is 3.16. The van der Waals surface area contributed by atoms with Crippen LogP contribution in [0.1, 0.15) is 11.4 Å². The second kappa shape index (κ2) is 7.95. The number of nitrogens with zero attached hydrogens (tertiary/aromatic N) is 2. The molecule has 0 unspecified atom stereocenters. The minimum atomic E-state index is -0.175. The van der Waals surface area contributed by atoms with Crippen LogP contribution < -0.4 is 11.3 Å². The Morgan fingerprint density at radius 2 is 2.00 bits per heavy atom. The number of aromatic amines is 2. The average molecular weight is 368 g/mol. The van der Waals surface area contributed by atoms with Crippen molar-refractivity contribution in [3.05, 3.63) is 81.6 Å². The standard InChI is InChI=1S/C12H11N5O.C7H7Cl/c13-4-11-16-10-2-1-7(8-5-14-15-6-8)3-9(10)12(18)17-11;1-6-3-2-4-7(8)5-6/h1-3,5-6H,4,13H2,(H,14,15)(H,16,17,18);2-5H,1H3. The van der Waals surface area contributed by atoms with Gasteiger partial charge in [0, 0.05) is 16.8 Å². The quantitative estimate of drug-likeness (QED) is 0.505. The van der Waals surface area contributed by atoms with Gasteiger partial charge in [0.05, 0.1) is 23.6 Å². The van der Waals surface area contributed by atoms with Crippen molar-refractivity contribution < 1.29 is 0 Å². The molecular weight excluding hydrogens is 350 g/mol. The highest BCUT2D eigenvalue weighted by Gasteiger charge is 2.06. The molecule has 0 spiro atoms. The summed E-state index contributed by atoms with van der Waals surface area (Å²) in [5.74, 6) is 0.489. The third kappa shape index (κ3) is 4.17. The van der Waals surface area contributed by atoms with Gasteiger partial charge >= 0.3 is 0 Å². The van der Waals surface area contributed by atoms with Crippen LogP contribution in [0.4, 0.5) is 0 Å². The van der Waals surface area contributed by atoms with Crippen LogP contribution in [-0.2, 0) is 6.54 Å². The van der Waals surface area contributed by atoms with Crippen LogP contribution in [-0.4, -0.2) is 20.2 Å². The maximum absolute atomic E-state index is 11.9. The first-order valence-electron chi connectivity index (χ1n) is 8.01. The first-order chi connectivity index (χ1) is 12.6. The Morgan fingerprint density at radius 3 is 2.62 bits per heavy atom. The predicted octanol–water partition coefficient (Wildman–Crippen LogP) is 3.42. The van der Waals surface area contributed by atoms with Crippen LogP contribution in [0.5, 0.6) is 0 Å². The largest absolute Gasteiger partial charge is 0.324 e. The molecule has 2 aromatic heterocycles. The van der Waals surface area contributed by atoms with Gasteiger partial charge in [-0.3, -0.25) is 9.89 Å². The number of hydrogen-bond acceptors (Lipinski definition) is 4. The molecule has 4 N–H and O–H groups in total. The second-order valence-corrected chi connectivity index (χ2v) is 6.17. The van der Waals surface area contributed by atoms with Crippen LogP contribution in [0.25, 0.3) is 22.0 Å². The van der Waals surface area contributed by atoms with Crippen molar-refractivity contribution >= 4 is 22.5 Å². The number of halogens is 1. The summed E-state index contributed by atoms with van der Waals surface area (Å²) in [6, 6.07) is 13.3. The fraction of sp³-hybridized carbons (Fsp3) is 0.105. The zero-order chi connectivity index (χ0) is 18.5. The lowest BCUT2D eigenvalue weighted by Crippen LogP contribution is -2.14. The highest BCUT2D eigenvalue weighted by molar-refractivity contribution is 6.30. The number of hydrogen-bond donors (Lipinski definition) is 3. The zero-order valence-electron chi connectivity index (χ0n) is 14.2. The van der Waals surface area contributed by atoms with E-state index < -0.39 is 0 Å². The van der Waals surface area contributed by atoms with Crippen LogP contribution in [0, 0.1) is 6.92 Å². The molecule has 132 valence electrons. The molecule has 4 rings (SSSR count). The number of nitrogens with one attached hydrogen (secondary N) is 2. The second-order valence-electron chi connectivity index (χ2n) is 5.73. The first kappa shape index (κ1) is 17.8. The van der Waals surface area contributed by atoms with Gasteiger partial charge < -0.3 is 10.7 Å². The van der Waals surface area contributed by atoms with Crippen molar-refractivity contribution in [1.82, 2.24) is 20.2 Å². The van der Waals surface area contributed by atoms with Gasteiger partial charge in [0.25, 0.3) is 5.56 Å². The topological polar surface area (TPSA) is 100 Å². The summed E-state index contributed by atoms with van der Waals surface area (Å²) >= 11 is 5.64. The van der Waals surface area contributed by atoms with Crippen molar-refractivity contribution in [3.63, 3.8) is 0 Å². The lowest BCUT2D eigenvalue weighted by Gasteiger charge is -2.02. The number of benzene rings is 2. The maximum atomic E-state index is 11.9. The van der Waals surface area contributed by atoms with Crippen molar-refractivity contribution in [1.29, 1.82) is 0 Å². The summed E-state index contributed by atoms with van der Waals surface area (Å²) in [4.78, 5) is 18.8. The van der Waals surface area contributed by atoms with E-state index >= 15 is 0 Å². The molecule has 0 saturated carbocycles. The van der Waals surface area contributed by atoms with Gasteiger partial charge in [-0.05, 0) is 42.3 Å². The van der Waals surface area contributed by atoms with E-state index in [9.17, 15) is 4.79 Å². The van der Waals surface area contributed by atoms with Gasteiger partial charge in [-0.1, -0.05) is 29.8 Å². The van der Waals surface area contributed by atoms with Gasteiger partial charge in [-0.15, -0.1) is 0 Å². The molecule has 0 aliphatic rings. The molecule has 0 bridgehead atoms. The summed E-state index contributed by atoms with van der Waals surface area (Å²) in [5.41, 5.74) is 9.00. The van der Waals surface area contributed by atoms with Gasteiger partial charge in [0.15, 0.2) is 0 Å². The lowest BCUT2D eigenvalue weighted by atomic mass is 10.1. The fourth-order valence-electron chi connectivity index (χ4n) is 2.48. The first-order valence-corrected chi connectivity index (χ1v) is 8.39. The van der Waals surface area contributed by atoms with E-state index in [0.717, 1.165) is 16.1 Å². The Hall–Kier alpha value is -2.96. The molecule has 26 heavy (non-hydrogen) atoms. The number of nitrogens with two attached hydrogens (primary N) is 1. The van der Waals surface area contributed by atoms with E-state index in [1.54, 1.807) is 18.5 Å². The summed E-state index contributed by atoms with van der Waals surface area (Å²) in [5, 5.41) is 7.98. The molecule has 4 aromatic rings. The van der Waals surface area contributed by atoms with E-state index in [0.29, 0.717) is 16.7 Å². The van der Waals surface area contributed by atoms with E-state index in [2.05, 4.69) is 20.2 Å². The Bertz CT molecular complexity index is 1060. The van der Waals surface area contributed by atoms with Gasteiger partial charge in [-0.2, -0.15) is 5.10 Å². The summed E-state index contributed by atoms with van der Waals surface area (Å²) < 4.78 is 0. The lowest BCUT2D eigenvalue weighted by molar-refractivity contribution is 0.913. The van der Waals surface area contributed by atoms with Crippen molar-refractivity contribution in [3.8, 4) is 11.1 Å². The number of H-pyrrole nitrogens is 2. The molecule has 0 saturated heterocycles. The molecular formula is C19H18ClN5O. The molecule has 0 amide bonds. The zero-order valence-corrected chi connectivity index (χ0v) is 14.9. The van der Waals surface area contributed by atoms with Crippen LogP contribution >= 0.6 is 11.6 Å². The molecule has 0 radical (unpaired) electrons. The molecule has 0 atom stereocenters. The molecule has 0 fully saturated rings. The third-order valence-electron chi connectivity index (χ3n) is 3.76. The Balaban J connectivity index is 0.000000206. The van der Waals surface area contributed by atoms with Crippen molar-refractivity contribution in [2.75, 3.05) is 0 Å². The Kier molecular flexibility index (Phi) is 5.46. The number of rotatable bonds is 2. The predicted molar refractivity (Wildman–Crippen MR) is 104 cm³/mol. The monoisotopic (exact) mass is 367 g/mol. The number of aryl methyl sites for hydroxylation is 1. The van der Waals surface area contributed by atoms with Gasteiger partial charge in [0.1, 0.15) is 5.82 Å². The summed E-state index contributed by atoms with van der Waals surface area (Å²) in [6.07, 6.45) is 3.48. The summed E-state index contributed by atoms with van der Waals surface area (Å²) in [7, 11) is 0. The highest BCUT2D eigenvalue weighted by atomic mass is 35.5. The molecule has 0 aliphatic heterocycles. The minimum absolute atomic E-state index is 0.175. The van der Waals surface area contributed by atoms with Gasteiger partial charge in [-0.25, -0.2) is 4.98 Å². The van der Waals surface area contributed by atoms with Crippen LogP contribution in [0.15, 0.2) is 59.7 Å².